The maximum atomic E-state index is 12.1. The van der Waals surface area contributed by atoms with Crippen LogP contribution < -0.4 is 15.1 Å². The summed E-state index contributed by atoms with van der Waals surface area (Å²) in [7, 11) is 1.44. The lowest BCUT2D eigenvalue weighted by Crippen LogP contribution is -2.16. The van der Waals surface area contributed by atoms with E-state index in [4.69, 9.17) is 18.6 Å². The smallest absolute Gasteiger partial charge is 0.344 e. The molecule has 30 heavy (non-hydrogen) atoms. The van der Waals surface area contributed by atoms with Crippen LogP contribution in [0, 0.1) is 0 Å². The topological polar surface area (TPSA) is 92.0 Å². The molecule has 0 unspecified atom stereocenters. The van der Waals surface area contributed by atoms with Crippen molar-refractivity contribution in [2.24, 2.45) is 0 Å². The van der Waals surface area contributed by atoms with Crippen molar-refractivity contribution in [3.05, 3.63) is 69.6 Å². The zero-order valence-corrected chi connectivity index (χ0v) is 17.0. The minimum absolute atomic E-state index is 0.0871. The number of Topliss-reactive ketones (excluding diaryl/α,β-unsaturated/α-hetero) is 1. The Morgan fingerprint density at radius 1 is 1.03 bits per heavy atom. The van der Waals surface area contributed by atoms with Gasteiger partial charge in [0, 0.05) is 22.6 Å². The van der Waals surface area contributed by atoms with Gasteiger partial charge in [0.1, 0.15) is 12.2 Å². The number of fused-ring (bicyclic) bond motifs is 1. The number of carbonyl (C=O) groups excluding carboxylic acids is 2. The average Bonchev–Trinajstić information content (AvgIpc) is 2.75. The lowest BCUT2D eigenvalue weighted by molar-refractivity contribution is -0.147. The second kappa shape index (κ2) is 9.26. The summed E-state index contributed by atoms with van der Waals surface area (Å²) in [5, 5.41) is 0.710. The molecule has 0 aliphatic carbocycles. The van der Waals surface area contributed by atoms with E-state index in [1.807, 2.05) is 25.1 Å². The van der Waals surface area contributed by atoms with Gasteiger partial charge < -0.3 is 18.6 Å². The summed E-state index contributed by atoms with van der Waals surface area (Å²) in [6.45, 7) is 3.02. The summed E-state index contributed by atoms with van der Waals surface area (Å²) in [6.07, 6.45) is 0.813. The van der Waals surface area contributed by atoms with Crippen LogP contribution in [0.2, 0.25) is 0 Å². The molecule has 0 bridgehead atoms. The molecule has 2 aromatic carbocycles. The zero-order valence-electron chi connectivity index (χ0n) is 17.0. The Balaban J connectivity index is 1.67. The van der Waals surface area contributed by atoms with Crippen LogP contribution in [-0.4, -0.2) is 25.5 Å². The first kappa shape index (κ1) is 21.1. The van der Waals surface area contributed by atoms with E-state index in [1.54, 1.807) is 18.2 Å². The normalized spacial score (nSPS) is 10.6. The van der Waals surface area contributed by atoms with Gasteiger partial charge in [-0.15, -0.1) is 0 Å². The summed E-state index contributed by atoms with van der Waals surface area (Å²) in [5.74, 6) is -0.0598. The van der Waals surface area contributed by atoms with E-state index < -0.39 is 11.6 Å². The van der Waals surface area contributed by atoms with Crippen LogP contribution in [0.1, 0.15) is 35.3 Å². The summed E-state index contributed by atoms with van der Waals surface area (Å²) in [6, 6.07) is 11.6. The van der Waals surface area contributed by atoms with Crippen molar-refractivity contribution < 1.29 is 28.2 Å². The third-order valence-corrected chi connectivity index (χ3v) is 4.61. The summed E-state index contributed by atoms with van der Waals surface area (Å²) in [4.78, 5) is 35.4. The first-order chi connectivity index (χ1) is 14.4. The summed E-state index contributed by atoms with van der Waals surface area (Å²) >= 11 is 0. The fraction of sp³-hybridized carbons (Fsp3) is 0.261. The quantitative estimate of drug-likeness (QED) is 0.318. The molecular weight excluding hydrogens is 388 g/mol. The van der Waals surface area contributed by atoms with E-state index >= 15 is 0 Å². The molecule has 1 heterocycles. The number of hydrogen-bond acceptors (Lipinski definition) is 7. The molecule has 0 aliphatic rings. The van der Waals surface area contributed by atoms with E-state index in [-0.39, 0.29) is 19.0 Å². The highest BCUT2D eigenvalue weighted by Crippen LogP contribution is 2.28. The van der Waals surface area contributed by atoms with Crippen LogP contribution in [0.5, 0.6) is 11.5 Å². The Bertz CT molecular complexity index is 1140. The molecular formula is C23H22O7. The van der Waals surface area contributed by atoms with Gasteiger partial charge in [0.05, 0.1) is 7.11 Å². The van der Waals surface area contributed by atoms with Crippen molar-refractivity contribution in [3.8, 4) is 11.5 Å². The number of ketones is 1. The third-order valence-electron chi connectivity index (χ3n) is 4.61. The predicted octanol–water partition coefficient (Wildman–Crippen LogP) is 3.69. The van der Waals surface area contributed by atoms with Gasteiger partial charge in [0.15, 0.2) is 23.9 Å². The van der Waals surface area contributed by atoms with Gasteiger partial charge in [-0.1, -0.05) is 19.1 Å². The number of aryl methyl sites for hydroxylation is 1. The molecule has 7 heteroatoms. The lowest BCUT2D eigenvalue weighted by Gasteiger charge is -2.12. The van der Waals surface area contributed by atoms with Crippen LogP contribution in [0.4, 0.5) is 0 Å². The number of benzene rings is 2. The monoisotopic (exact) mass is 410 g/mol. The van der Waals surface area contributed by atoms with E-state index in [1.165, 1.54) is 20.1 Å². The van der Waals surface area contributed by atoms with Crippen molar-refractivity contribution in [3.63, 3.8) is 0 Å². The van der Waals surface area contributed by atoms with E-state index in [0.717, 1.165) is 12.0 Å². The third kappa shape index (κ3) is 4.86. The van der Waals surface area contributed by atoms with Crippen LogP contribution in [-0.2, 0) is 22.6 Å². The Morgan fingerprint density at radius 3 is 2.53 bits per heavy atom. The number of esters is 1. The number of ether oxygens (including phenoxy) is 3. The average molecular weight is 410 g/mol. The van der Waals surface area contributed by atoms with Crippen molar-refractivity contribution >= 4 is 22.7 Å². The molecule has 0 fully saturated rings. The van der Waals surface area contributed by atoms with Crippen molar-refractivity contribution in [2.75, 3.05) is 13.7 Å². The molecule has 0 amide bonds. The molecule has 3 rings (SSSR count). The van der Waals surface area contributed by atoms with Gasteiger partial charge in [-0.25, -0.2) is 9.59 Å². The van der Waals surface area contributed by atoms with Gasteiger partial charge in [-0.2, -0.15) is 0 Å². The Hall–Kier alpha value is -3.61. The van der Waals surface area contributed by atoms with Gasteiger partial charge >= 0.3 is 11.6 Å². The largest absolute Gasteiger partial charge is 0.493 e. The van der Waals surface area contributed by atoms with E-state index in [0.29, 0.717) is 33.6 Å². The molecule has 7 nitrogen and oxygen atoms in total. The standard InChI is InChI=1S/C23H22O7/c1-4-15-5-7-18-17(11-22(25)30-20(18)9-15)12-29-23(26)13-28-19-8-6-16(14(2)24)10-21(19)27-3/h5-11H,4,12-13H2,1-3H3. The number of rotatable bonds is 8. The molecule has 0 atom stereocenters. The van der Waals surface area contributed by atoms with Gasteiger partial charge in [0.2, 0.25) is 0 Å². The molecule has 0 spiro atoms. The Kier molecular flexibility index (Phi) is 6.51. The zero-order chi connectivity index (χ0) is 21.7. The first-order valence-corrected chi connectivity index (χ1v) is 9.44. The highest BCUT2D eigenvalue weighted by atomic mass is 16.6. The molecule has 0 saturated carbocycles. The molecule has 3 aromatic rings. The lowest BCUT2D eigenvalue weighted by atomic mass is 10.1. The highest BCUT2D eigenvalue weighted by Gasteiger charge is 2.13. The van der Waals surface area contributed by atoms with Crippen molar-refractivity contribution in [2.45, 2.75) is 26.9 Å². The highest BCUT2D eigenvalue weighted by molar-refractivity contribution is 5.94. The Labute approximate surface area is 173 Å². The van der Waals surface area contributed by atoms with Crippen LogP contribution in [0.3, 0.4) is 0 Å². The minimum Gasteiger partial charge on any atom is -0.493 e. The molecule has 1 aromatic heterocycles. The fourth-order valence-electron chi connectivity index (χ4n) is 2.96. The molecule has 0 N–H and O–H groups in total. The molecule has 156 valence electrons. The van der Waals surface area contributed by atoms with Crippen molar-refractivity contribution in [1.82, 2.24) is 0 Å². The van der Waals surface area contributed by atoms with Gasteiger partial charge in [0.25, 0.3) is 0 Å². The fourth-order valence-corrected chi connectivity index (χ4v) is 2.96. The summed E-state index contributed by atoms with van der Waals surface area (Å²) < 4.78 is 21.2. The number of methoxy groups -OCH3 is 1. The molecule has 0 aliphatic heterocycles. The van der Waals surface area contributed by atoms with E-state index in [9.17, 15) is 14.4 Å². The summed E-state index contributed by atoms with van der Waals surface area (Å²) in [5.41, 5.74) is 2.02. The molecule has 0 saturated heterocycles. The van der Waals surface area contributed by atoms with Crippen LogP contribution >= 0.6 is 0 Å². The molecule has 0 radical (unpaired) electrons. The second-order valence-electron chi connectivity index (χ2n) is 6.65. The maximum absolute atomic E-state index is 12.1. The minimum atomic E-state index is -0.612. The number of carbonyl (C=O) groups is 2. The Morgan fingerprint density at radius 2 is 1.83 bits per heavy atom. The SMILES string of the molecule is CCc1ccc2c(COC(=O)COc3ccc(C(C)=O)cc3OC)cc(=O)oc2c1. The van der Waals surface area contributed by atoms with Crippen LogP contribution in [0.15, 0.2) is 51.7 Å². The van der Waals surface area contributed by atoms with E-state index in [2.05, 4.69) is 0 Å². The maximum Gasteiger partial charge on any atom is 0.344 e. The number of hydrogen-bond donors (Lipinski definition) is 0. The second-order valence-corrected chi connectivity index (χ2v) is 6.65. The first-order valence-electron chi connectivity index (χ1n) is 9.44. The predicted molar refractivity (Wildman–Crippen MR) is 110 cm³/mol. The van der Waals surface area contributed by atoms with Gasteiger partial charge in [-0.05, 0) is 43.2 Å². The van der Waals surface area contributed by atoms with Crippen LogP contribution in [0.25, 0.3) is 11.0 Å². The van der Waals surface area contributed by atoms with Gasteiger partial charge in [-0.3, -0.25) is 4.79 Å². The van der Waals surface area contributed by atoms with Crippen molar-refractivity contribution in [1.29, 1.82) is 0 Å².